The van der Waals surface area contributed by atoms with Gasteiger partial charge in [-0.15, -0.1) is 23.5 Å². The second-order valence-corrected chi connectivity index (χ2v) is 6.59. The number of carbonyl (C=O) groups excluding carboxylic acids is 1. The second-order valence-electron chi connectivity index (χ2n) is 4.12. The Morgan fingerprint density at radius 2 is 1.88 bits per heavy atom. The Bertz CT molecular complexity index is 390. The van der Waals surface area contributed by atoms with Crippen LogP contribution in [0.1, 0.15) is 12.0 Å². The molecule has 0 atom stereocenters. The molecular weight excluding hydrogens is 250 g/mol. The number of hydrogen-bond acceptors (Lipinski definition) is 3. The van der Waals surface area contributed by atoms with Crippen molar-refractivity contribution in [2.24, 2.45) is 0 Å². The minimum atomic E-state index is -0.241. The molecular formula is C13H17NOS2. The van der Waals surface area contributed by atoms with E-state index < -0.39 is 0 Å². The normalized spacial score (nSPS) is 18.7. The number of likely N-dealkylation sites (tertiary alicyclic amines) is 1. The van der Waals surface area contributed by atoms with E-state index >= 15 is 0 Å². The monoisotopic (exact) mass is 267 g/mol. The van der Waals surface area contributed by atoms with Crippen molar-refractivity contribution in [1.82, 2.24) is 4.90 Å². The van der Waals surface area contributed by atoms with E-state index in [4.69, 9.17) is 0 Å². The van der Waals surface area contributed by atoms with Crippen molar-refractivity contribution in [3.63, 3.8) is 0 Å². The highest BCUT2D eigenvalue weighted by molar-refractivity contribution is 8.18. The fraction of sp³-hybridized carbons (Fsp3) is 0.462. The molecule has 2 rings (SSSR count). The van der Waals surface area contributed by atoms with E-state index in [1.54, 1.807) is 23.5 Å². The first kappa shape index (κ1) is 12.8. The van der Waals surface area contributed by atoms with Crippen LogP contribution in [-0.4, -0.2) is 33.9 Å². The minimum absolute atomic E-state index is 0.241. The van der Waals surface area contributed by atoms with Gasteiger partial charge in [0, 0.05) is 13.1 Å². The Labute approximate surface area is 111 Å². The van der Waals surface area contributed by atoms with Gasteiger partial charge in [0.1, 0.15) is 4.08 Å². The van der Waals surface area contributed by atoms with Gasteiger partial charge in [0.15, 0.2) is 0 Å². The molecule has 1 amide bonds. The van der Waals surface area contributed by atoms with Crippen LogP contribution in [0.4, 0.5) is 0 Å². The highest BCUT2D eigenvalue weighted by Gasteiger charge is 2.45. The summed E-state index contributed by atoms with van der Waals surface area (Å²) in [5.74, 6) is 0.279. The molecule has 1 aliphatic heterocycles. The molecule has 0 saturated carbocycles. The van der Waals surface area contributed by atoms with Crippen LogP contribution >= 0.6 is 23.5 Å². The van der Waals surface area contributed by atoms with Crippen LogP contribution in [0, 0.1) is 0 Å². The van der Waals surface area contributed by atoms with Crippen LogP contribution in [0.25, 0.3) is 0 Å². The van der Waals surface area contributed by atoms with Crippen molar-refractivity contribution in [1.29, 1.82) is 0 Å². The lowest BCUT2D eigenvalue weighted by molar-refractivity contribution is -0.128. The first-order valence-corrected chi connectivity index (χ1v) is 8.10. The molecule has 2 nitrogen and oxygen atoms in total. The summed E-state index contributed by atoms with van der Waals surface area (Å²) >= 11 is 3.35. The molecule has 1 aromatic carbocycles. The molecule has 0 unspecified atom stereocenters. The van der Waals surface area contributed by atoms with Crippen LogP contribution in [0.3, 0.4) is 0 Å². The van der Waals surface area contributed by atoms with Gasteiger partial charge in [-0.3, -0.25) is 4.79 Å². The number of amides is 1. The lowest BCUT2D eigenvalue weighted by Crippen LogP contribution is -2.34. The summed E-state index contributed by atoms with van der Waals surface area (Å²) in [5, 5.41) is 0. The van der Waals surface area contributed by atoms with Crippen molar-refractivity contribution in [2.75, 3.05) is 19.1 Å². The van der Waals surface area contributed by atoms with Crippen LogP contribution in [0.2, 0.25) is 0 Å². The van der Waals surface area contributed by atoms with Crippen molar-refractivity contribution < 1.29 is 4.79 Å². The molecule has 0 spiro atoms. The molecule has 1 saturated heterocycles. The van der Waals surface area contributed by atoms with Gasteiger partial charge >= 0.3 is 0 Å². The molecule has 0 aromatic heterocycles. The van der Waals surface area contributed by atoms with Crippen molar-refractivity contribution in [3.8, 4) is 0 Å². The largest absolute Gasteiger partial charge is 0.336 e. The SMILES string of the molecule is CSC1(SC)CCN(Cc2ccccc2)C1=O. The Morgan fingerprint density at radius 3 is 2.41 bits per heavy atom. The molecule has 17 heavy (non-hydrogen) atoms. The predicted molar refractivity (Wildman–Crippen MR) is 76.2 cm³/mol. The quantitative estimate of drug-likeness (QED) is 0.782. The Balaban J connectivity index is 2.08. The third-order valence-electron chi connectivity index (χ3n) is 3.20. The molecule has 1 fully saturated rings. The van der Waals surface area contributed by atoms with E-state index in [0.29, 0.717) is 0 Å². The molecule has 1 aromatic rings. The van der Waals surface area contributed by atoms with Crippen molar-refractivity contribution >= 4 is 29.4 Å². The fourth-order valence-corrected chi connectivity index (χ4v) is 4.01. The minimum Gasteiger partial charge on any atom is -0.336 e. The molecule has 0 radical (unpaired) electrons. The number of thioether (sulfide) groups is 2. The number of rotatable bonds is 4. The molecule has 92 valence electrons. The fourth-order valence-electron chi connectivity index (χ4n) is 2.15. The van der Waals surface area contributed by atoms with E-state index in [9.17, 15) is 4.79 Å². The van der Waals surface area contributed by atoms with Gasteiger partial charge in [0.05, 0.1) is 0 Å². The molecule has 1 aliphatic rings. The Kier molecular flexibility index (Phi) is 4.05. The summed E-state index contributed by atoms with van der Waals surface area (Å²) in [7, 11) is 0. The van der Waals surface area contributed by atoms with Crippen molar-refractivity contribution in [2.45, 2.75) is 17.0 Å². The van der Waals surface area contributed by atoms with Crippen LogP contribution in [-0.2, 0) is 11.3 Å². The van der Waals surface area contributed by atoms with Gasteiger partial charge in [-0.1, -0.05) is 30.3 Å². The molecule has 0 bridgehead atoms. The molecule has 0 aliphatic carbocycles. The van der Waals surface area contributed by atoms with Gasteiger partial charge in [-0.05, 0) is 24.5 Å². The van der Waals surface area contributed by atoms with Crippen LogP contribution in [0.15, 0.2) is 30.3 Å². The van der Waals surface area contributed by atoms with E-state index in [-0.39, 0.29) is 9.99 Å². The summed E-state index contributed by atoms with van der Waals surface area (Å²) < 4.78 is -0.241. The second kappa shape index (κ2) is 5.36. The predicted octanol–water partition coefficient (Wildman–Crippen LogP) is 2.84. The van der Waals surface area contributed by atoms with Crippen LogP contribution < -0.4 is 0 Å². The summed E-state index contributed by atoms with van der Waals surface area (Å²) in [6.07, 6.45) is 5.00. The zero-order valence-electron chi connectivity index (χ0n) is 10.2. The molecule has 1 heterocycles. The van der Waals surface area contributed by atoms with Gasteiger partial charge < -0.3 is 4.90 Å². The maximum absolute atomic E-state index is 12.4. The zero-order chi connectivity index (χ0) is 12.3. The smallest absolute Gasteiger partial charge is 0.249 e. The van der Waals surface area contributed by atoms with Crippen molar-refractivity contribution in [3.05, 3.63) is 35.9 Å². The maximum atomic E-state index is 12.4. The highest BCUT2D eigenvalue weighted by atomic mass is 32.2. The third-order valence-corrected chi connectivity index (χ3v) is 6.28. The average molecular weight is 267 g/mol. The standard InChI is InChI=1S/C13H17NOS2/c1-16-13(17-2)8-9-14(12(13)15)10-11-6-4-3-5-7-11/h3-7H,8-10H2,1-2H3. The Hall–Kier alpha value is -0.610. The summed E-state index contributed by atoms with van der Waals surface area (Å²) in [6, 6.07) is 10.2. The van der Waals surface area contributed by atoms with E-state index in [2.05, 4.69) is 12.1 Å². The van der Waals surface area contributed by atoms with E-state index in [1.807, 2.05) is 35.6 Å². The zero-order valence-corrected chi connectivity index (χ0v) is 11.8. The number of carbonyl (C=O) groups is 1. The van der Waals surface area contributed by atoms with Gasteiger partial charge in [0.25, 0.3) is 0 Å². The number of hydrogen-bond donors (Lipinski definition) is 0. The van der Waals surface area contributed by atoms with Gasteiger partial charge in [-0.25, -0.2) is 0 Å². The van der Waals surface area contributed by atoms with Gasteiger partial charge in [0.2, 0.25) is 5.91 Å². The number of benzene rings is 1. The average Bonchev–Trinajstić information content (AvgIpc) is 2.69. The lowest BCUT2D eigenvalue weighted by atomic mass is 10.2. The number of nitrogens with zero attached hydrogens (tertiary/aromatic N) is 1. The summed E-state index contributed by atoms with van der Waals surface area (Å²) in [6.45, 7) is 1.61. The highest BCUT2D eigenvalue weighted by Crippen LogP contribution is 2.43. The maximum Gasteiger partial charge on any atom is 0.249 e. The van der Waals surface area contributed by atoms with Gasteiger partial charge in [-0.2, -0.15) is 0 Å². The third kappa shape index (κ3) is 2.47. The Morgan fingerprint density at radius 1 is 1.24 bits per heavy atom. The molecule has 0 N–H and O–H groups in total. The topological polar surface area (TPSA) is 20.3 Å². The van der Waals surface area contributed by atoms with Crippen LogP contribution in [0.5, 0.6) is 0 Å². The summed E-state index contributed by atoms with van der Waals surface area (Å²) in [4.78, 5) is 14.4. The van der Waals surface area contributed by atoms with E-state index in [0.717, 1.165) is 19.5 Å². The lowest BCUT2D eigenvalue weighted by Gasteiger charge is -2.23. The summed E-state index contributed by atoms with van der Waals surface area (Å²) in [5.41, 5.74) is 1.21. The molecule has 4 heteroatoms. The first-order valence-electron chi connectivity index (χ1n) is 5.65. The van der Waals surface area contributed by atoms with E-state index in [1.165, 1.54) is 5.56 Å². The first-order chi connectivity index (χ1) is 8.22.